The second-order valence-corrected chi connectivity index (χ2v) is 31.1. The Morgan fingerprint density at radius 3 is 1.19 bits per heavy atom. The lowest BCUT2D eigenvalue weighted by Crippen LogP contribution is -2.21. The lowest BCUT2D eigenvalue weighted by Gasteiger charge is -2.12. The first-order valence-corrected chi connectivity index (χ1v) is 38.6. The molecule has 0 fully saturated rings. The first-order chi connectivity index (χ1) is 48.5. The van der Waals surface area contributed by atoms with Crippen molar-refractivity contribution in [2.75, 3.05) is 47.7 Å². The number of anilines is 4. The van der Waals surface area contributed by atoms with Gasteiger partial charge in [-0.1, -0.05) is 95.0 Å². The van der Waals surface area contributed by atoms with Crippen LogP contribution in [0.2, 0.25) is 10.0 Å². The summed E-state index contributed by atoms with van der Waals surface area (Å²) in [5.74, 6) is 4.20. The molecule has 0 atom stereocenters. The monoisotopic (exact) mass is 1520 g/mol. The van der Waals surface area contributed by atoms with E-state index in [1.807, 2.05) is 74.5 Å². The van der Waals surface area contributed by atoms with Gasteiger partial charge in [-0.25, -0.2) is 45.6 Å². The van der Waals surface area contributed by atoms with Gasteiger partial charge in [0.15, 0.2) is 0 Å². The number of hydrogen-bond acceptors (Lipinski definition) is 20. The molecule has 0 unspecified atom stereocenters. The van der Waals surface area contributed by atoms with E-state index in [9.17, 15) is 42.5 Å². The summed E-state index contributed by atoms with van der Waals surface area (Å²) in [6.45, 7) is 5.33. The molecule has 31 heteroatoms. The summed E-state index contributed by atoms with van der Waals surface area (Å²) >= 11 is 12.9. The number of sulfone groups is 2. The molecule has 0 bridgehead atoms. The fraction of sp³-hybridized carbons (Fsp3) is 0.167. The number of nitrogens with one attached hydrogen (secondary N) is 4. The highest BCUT2D eigenvalue weighted by atomic mass is 35.5. The van der Waals surface area contributed by atoms with Crippen molar-refractivity contribution in [3.8, 4) is 34.1 Å². The third-order valence-corrected chi connectivity index (χ3v) is 19.0. The zero-order valence-electron chi connectivity index (χ0n) is 55.5. The third kappa shape index (κ3) is 24.2. The van der Waals surface area contributed by atoms with Crippen LogP contribution in [0, 0.1) is 25.5 Å². The van der Waals surface area contributed by atoms with Crippen LogP contribution in [0.5, 0.6) is 11.5 Å². The third-order valence-electron chi connectivity index (χ3n) is 14.8. The second kappa shape index (κ2) is 35.9. The SMILES string of the molecule is CS(=O)(=O)CCNCc1ccc(-c2ccc3ncnc(Nc4ccc(OCc5ccccc5F)c(Cl)c4)c3c2)o1.CS(=O)(=O)CCNCc1ccc(-c2ccc3ncnc(Nc4ccc(OCc5ccccc5F)c(Cl)c4)c3c2)o1.Cc1ccc(S(=O)(=O)O)cc1.Cc1ccc(S(=O)(=O)O)cc1.O. The summed E-state index contributed by atoms with van der Waals surface area (Å²) in [4.78, 5) is 17.4. The maximum atomic E-state index is 13.9. The number of aromatic nitrogens is 4. The Hall–Kier alpha value is -9.76. The molecule has 0 amide bonds. The summed E-state index contributed by atoms with van der Waals surface area (Å²) in [6, 6.07) is 54.2. The highest BCUT2D eigenvalue weighted by Crippen LogP contribution is 2.36. The van der Waals surface area contributed by atoms with Crippen LogP contribution in [-0.2, 0) is 66.2 Å². The Balaban J connectivity index is 0.000000200. The van der Waals surface area contributed by atoms with Crippen molar-refractivity contribution in [1.29, 1.82) is 0 Å². The van der Waals surface area contributed by atoms with Crippen LogP contribution < -0.4 is 30.7 Å². The zero-order valence-corrected chi connectivity index (χ0v) is 60.3. The van der Waals surface area contributed by atoms with Crippen molar-refractivity contribution < 1.29 is 75.3 Å². The van der Waals surface area contributed by atoms with Gasteiger partial charge in [0.05, 0.1) is 55.5 Å². The molecule has 4 heterocycles. The second-order valence-electron chi connectivity index (χ2n) is 22.9. The predicted molar refractivity (Wildman–Crippen MR) is 394 cm³/mol. The minimum absolute atomic E-state index is 0. The molecule has 23 nitrogen and oxygen atoms in total. The van der Waals surface area contributed by atoms with Gasteiger partial charge >= 0.3 is 0 Å². The minimum atomic E-state index is -4.02. The molecule has 0 aliphatic rings. The van der Waals surface area contributed by atoms with Crippen molar-refractivity contribution in [2.24, 2.45) is 0 Å². The molecule has 0 saturated heterocycles. The van der Waals surface area contributed by atoms with Gasteiger partial charge < -0.3 is 45.1 Å². The molecular formula is C72H70Cl2F2N8O15S4. The van der Waals surface area contributed by atoms with Crippen molar-refractivity contribution in [2.45, 2.75) is 49.9 Å². The molecule has 0 aliphatic heterocycles. The minimum Gasteiger partial charge on any atom is -0.487 e. The lowest BCUT2D eigenvalue weighted by molar-refractivity contribution is 0.300. The van der Waals surface area contributed by atoms with Gasteiger partial charge in [0.2, 0.25) is 0 Å². The molecule has 12 aromatic rings. The lowest BCUT2D eigenvalue weighted by atomic mass is 10.1. The maximum absolute atomic E-state index is 13.9. The molecule has 8 aromatic carbocycles. The first kappa shape index (κ1) is 79.0. The summed E-state index contributed by atoms with van der Waals surface area (Å²) in [7, 11) is -14.1. The van der Waals surface area contributed by atoms with Gasteiger partial charge in [0.1, 0.15) is 103 Å². The van der Waals surface area contributed by atoms with Crippen LogP contribution in [0.1, 0.15) is 33.8 Å². The van der Waals surface area contributed by atoms with Crippen molar-refractivity contribution >= 4 is 108 Å². The van der Waals surface area contributed by atoms with E-state index in [2.05, 4.69) is 41.2 Å². The van der Waals surface area contributed by atoms with E-state index in [1.165, 1.54) is 61.6 Å². The number of fused-ring (bicyclic) bond motifs is 2. The molecule has 8 N–H and O–H groups in total. The van der Waals surface area contributed by atoms with Crippen LogP contribution in [0.25, 0.3) is 44.5 Å². The largest absolute Gasteiger partial charge is 0.487 e. The molecule has 4 aromatic heterocycles. The van der Waals surface area contributed by atoms with Crippen LogP contribution in [0.4, 0.5) is 31.8 Å². The van der Waals surface area contributed by atoms with Gasteiger partial charge in [0.25, 0.3) is 20.2 Å². The summed E-state index contributed by atoms with van der Waals surface area (Å²) in [6.07, 6.45) is 5.37. The smallest absolute Gasteiger partial charge is 0.294 e. The molecule has 0 radical (unpaired) electrons. The Labute approximate surface area is 604 Å². The Morgan fingerprint density at radius 1 is 0.466 bits per heavy atom. The van der Waals surface area contributed by atoms with Gasteiger partial charge in [-0.15, -0.1) is 0 Å². The standard InChI is InChI=1S/2C29H26ClFN4O4S.2C7H8O3S.H2O/c2*1-40(36,37)13-12-32-16-22-8-11-27(39-22)19-6-9-26-23(14-19)29(34-18-33-26)35-21-7-10-28(24(30)15-21)38-17-20-4-2-3-5-25(20)31;2*1-6-2-4-7(5-3-6)11(8,9)10;/h2*2-11,14-15,18,32H,12-13,16-17H2,1H3,(H,33,34,35);2*2-5H,1H3,(H,8,9,10);1H2. The number of ether oxygens (including phenoxy) is 2. The normalized spacial score (nSPS) is 11.4. The van der Waals surface area contributed by atoms with E-state index in [4.69, 9.17) is 50.6 Å². The number of nitrogens with zero attached hydrogens (tertiary/aromatic N) is 4. The van der Waals surface area contributed by atoms with Crippen molar-refractivity contribution in [3.63, 3.8) is 0 Å². The van der Waals surface area contributed by atoms with Crippen LogP contribution in [-0.4, -0.2) is 105 Å². The topological polar surface area (TPSA) is 353 Å². The quantitative estimate of drug-likeness (QED) is 0.0242. The summed E-state index contributed by atoms with van der Waals surface area (Å²) in [5, 5.41) is 15.0. The van der Waals surface area contributed by atoms with E-state index in [1.54, 1.807) is 97.1 Å². The number of halogens is 4. The van der Waals surface area contributed by atoms with E-state index in [0.29, 0.717) is 105 Å². The molecule has 103 heavy (non-hydrogen) atoms. The Bertz CT molecular complexity index is 5040. The fourth-order valence-electron chi connectivity index (χ4n) is 9.44. The first-order valence-electron chi connectivity index (χ1n) is 30.9. The van der Waals surface area contributed by atoms with E-state index in [-0.39, 0.29) is 51.6 Å². The number of hydrogen-bond donors (Lipinski definition) is 6. The molecule has 0 aliphatic carbocycles. The molecular weight excluding hydrogens is 1450 g/mol. The van der Waals surface area contributed by atoms with Crippen molar-refractivity contribution in [3.05, 3.63) is 262 Å². The van der Waals surface area contributed by atoms with E-state index < -0.39 is 39.9 Å². The predicted octanol–water partition coefficient (Wildman–Crippen LogP) is 13.9. The molecule has 540 valence electrons. The number of benzene rings is 8. The number of aryl methyl sites for hydroxylation is 2. The summed E-state index contributed by atoms with van der Waals surface area (Å²) < 4.78 is 155. The molecule has 0 saturated carbocycles. The van der Waals surface area contributed by atoms with Gasteiger partial charge in [0, 0.05) is 70.0 Å². The van der Waals surface area contributed by atoms with Crippen LogP contribution in [0.3, 0.4) is 0 Å². The highest BCUT2D eigenvalue weighted by Gasteiger charge is 2.16. The van der Waals surface area contributed by atoms with Crippen LogP contribution >= 0.6 is 23.2 Å². The average Bonchev–Trinajstić information content (AvgIpc) is 1.73. The van der Waals surface area contributed by atoms with Gasteiger partial charge in [-0.05, 0) is 147 Å². The van der Waals surface area contributed by atoms with E-state index in [0.717, 1.165) is 44.1 Å². The molecule has 12 rings (SSSR count). The fourth-order valence-corrected chi connectivity index (χ4v) is 11.9. The Morgan fingerprint density at radius 2 is 0.845 bits per heavy atom. The zero-order chi connectivity index (χ0) is 73.2. The average molecular weight is 1520 g/mol. The maximum Gasteiger partial charge on any atom is 0.294 e. The van der Waals surface area contributed by atoms with Gasteiger partial charge in [-0.2, -0.15) is 16.8 Å². The Kier molecular flexibility index (Phi) is 27.5. The number of furan rings is 2. The van der Waals surface area contributed by atoms with Crippen molar-refractivity contribution in [1.82, 2.24) is 30.6 Å². The van der Waals surface area contributed by atoms with E-state index >= 15 is 0 Å². The molecule has 0 spiro atoms. The van der Waals surface area contributed by atoms with Crippen LogP contribution in [0.15, 0.2) is 225 Å². The van der Waals surface area contributed by atoms with Gasteiger partial charge in [-0.3, -0.25) is 9.11 Å². The number of rotatable bonds is 24. The highest BCUT2D eigenvalue weighted by molar-refractivity contribution is 7.91. The summed E-state index contributed by atoms with van der Waals surface area (Å²) in [5.41, 5.74) is 7.33.